The van der Waals surface area contributed by atoms with Crippen LogP contribution in [0.3, 0.4) is 0 Å². The van der Waals surface area contributed by atoms with Gasteiger partial charge in [0.25, 0.3) is 0 Å². The molecule has 0 aliphatic heterocycles. The first-order chi connectivity index (χ1) is 11.5. The van der Waals surface area contributed by atoms with Crippen LogP contribution in [-0.4, -0.2) is 8.07 Å². The molecule has 0 saturated carbocycles. The molecule has 1 rings (SSSR count). The van der Waals surface area contributed by atoms with Crippen molar-refractivity contribution in [1.29, 1.82) is 0 Å². The Hall–Kier alpha value is -1.00. The second-order valence-corrected chi connectivity index (χ2v) is 15.1. The molecule has 0 amide bonds. The average Bonchev–Trinajstić information content (AvgIpc) is 2.50. The molecule has 0 radical (unpaired) electrons. The van der Waals surface area contributed by atoms with Crippen molar-refractivity contribution >= 4 is 8.07 Å². The predicted molar refractivity (Wildman–Crippen MR) is 117 cm³/mol. The van der Waals surface area contributed by atoms with Gasteiger partial charge in [0.2, 0.25) is 0 Å². The van der Waals surface area contributed by atoms with Crippen molar-refractivity contribution in [3.05, 3.63) is 35.4 Å². The summed E-state index contributed by atoms with van der Waals surface area (Å²) in [5, 5.41) is 0. The highest BCUT2D eigenvalue weighted by atomic mass is 28.3. The fourth-order valence-electron chi connectivity index (χ4n) is 4.28. The minimum atomic E-state index is -1.64. The van der Waals surface area contributed by atoms with E-state index in [1.165, 1.54) is 11.1 Å². The molecule has 25 heavy (non-hydrogen) atoms. The van der Waals surface area contributed by atoms with Crippen LogP contribution in [0.1, 0.15) is 92.7 Å². The van der Waals surface area contributed by atoms with E-state index in [4.69, 9.17) is 0 Å². The first-order valence-corrected chi connectivity index (χ1v) is 12.3. The maximum atomic E-state index is 3.91. The van der Waals surface area contributed by atoms with E-state index in [9.17, 15) is 0 Å². The zero-order chi connectivity index (χ0) is 19.4. The number of hydrogen-bond donors (Lipinski definition) is 0. The summed E-state index contributed by atoms with van der Waals surface area (Å²) in [6.07, 6.45) is 1.08. The van der Waals surface area contributed by atoms with Crippen LogP contribution in [0.15, 0.2) is 24.3 Å². The Morgan fingerprint density at radius 2 is 1.28 bits per heavy atom. The fraction of sp³-hybridized carbons (Fsp3) is 0.667. The maximum Gasteiger partial charge on any atom is 0.145 e. The number of benzene rings is 1. The van der Waals surface area contributed by atoms with Crippen LogP contribution in [0.2, 0.25) is 16.6 Å². The second-order valence-electron chi connectivity index (χ2n) is 9.50. The van der Waals surface area contributed by atoms with Gasteiger partial charge in [0.1, 0.15) is 8.07 Å². The molecular formula is C24H40Si. The van der Waals surface area contributed by atoms with Crippen LogP contribution in [0.5, 0.6) is 0 Å². The minimum Gasteiger partial charge on any atom is -0.130 e. The lowest BCUT2D eigenvalue weighted by Gasteiger charge is -2.38. The zero-order valence-corrected chi connectivity index (χ0v) is 19.3. The highest BCUT2D eigenvalue weighted by Crippen LogP contribution is 2.41. The Morgan fingerprint density at radius 3 is 1.60 bits per heavy atom. The summed E-state index contributed by atoms with van der Waals surface area (Å²) in [5.41, 5.74) is 8.98. The third-order valence-electron chi connectivity index (χ3n) is 5.92. The first kappa shape index (κ1) is 22.0. The SMILES string of the molecule is CC[C@@H](C#C[Si](C(C)C)(C(C)C)C(C)C)c1ccc(C(C)(C)C)cc1. The Bertz CT molecular complexity index is 566. The molecule has 1 heteroatoms. The van der Waals surface area contributed by atoms with Gasteiger partial charge in [-0.25, -0.2) is 0 Å². The maximum absolute atomic E-state index is 3.91. The van der Waals surface area contributed by atoms with E-state index >= 15 is 0 Å². The molecule has 0 nitrogen and oxygen atoms in total. The normalized spacial score (nSPS) is 14.0. The molecule has 0 heterocycles. The Kier molecular flexibility index (Phi) is 7.57. The zero-order valence-electron chi connectivity index (χ0n) is 18.3. The van der Waals surface area contributed by atoms with Gasteiger partial charge in [-0.2, -0.15) is 0 Å². The van der Waals surface area contributed by atoms with Gasteiger partial charge in [0.15, 0.2) is 0 Å². The molecule has 1 atom stereocenters. The lowest BCUT2D eigenvalue weighted by molar-refractivity contribution is 0.589. The number of hydrogen-bond acceptors (Lipinski definition) is 0. The van der Waals surface area contributed by atoms with Gasteiger partial charge in [0, 0.05) is 5.92 Å². The topological polar surface area (TPSA) is 0 Å². The predicted octanol–water partition coefficient (Wildman–Crippen LogP) is 7.70. The Labute approximate surface area is 158 Å². The largest absolute Gasteiger partial charge is 0.145 e. The molecule has 0 spiro atoms. The summed E-state index contributed by atoms with van der Waals surface area (Å²) in [4.78, 5) is 0. The van der Waals surface area contributed by atoms with Crippen LogP contribution >= 0.6 is 0 Å². The molecule has 0 aliphatic carbocycles. The van der Waals surface area contributed by atoms with E-state index in [-0.39, 0.29) is 5.41 Å². The van der Waals surface area contributed by atoms with Crippen molar-refractivity contribution in [2.75, 3.05) is 0 Å². The monoisotopic (exact) mass is 356 g/mol. The van der Waals surface area contributed by atoms with E-state index in [1.54, 1.807) is 0 Å². The standard InChI is InChI=1S/C24H40Si/c1-11-21(22-12-14-23(15-13-22)24(8,9)10)16-17-25(18(2)3,19(4)5)20(6)7/h12-15,18-21H,11H2,1-10H3/t21-/m0/s1. The summed E-state index contributed by atoms with van der Waals surface area (Å²) < 4.78 is 0. The van der Waals surface area contributed by atoms with Crippen LogP contribution in [-0.2, 0) is 5.41 Å². The minimum absolute atomic E-state index is 0.209. The van der Waals surface area contributed by atoms with Crippen molar-refractivity contribution in [3.8, 4) is 11.5 Å². The van der Waals surface area contributed by atoms with Crippen molar-refractivity contribution < 1.29 is 0 Å². The van der Waals surface area contributed by atoms with E-state index in [1.807, 2.05) is 0 Å². The highest BCUT2D eigenvalue weighted by molar-refractivity contribution is 6.90. The number of rotatable bonds is 5. The Balaban J connectivity index is 3.24. The van der Waals surface area contributed by atoms with E-state index in [0.717, 1.165) is 6.42 Å². The molecule has 1 aromatic carbocycles. The summed E-state index contributed by atoms with van der Waals surface area (Å²) in [6.45, 7) is 23.4. The molecule has 0 unspecified atom stereocenters. The smallest absolute Gasteiger partial charge is 0.130 e. The molecule has 0 aromatic heterocycles. The van der Waals surface area contributed by atoms with Gasteiger partial charge in [-0.05, 0) is 39.6 Å². The Morgan fingerprint density at radius 1 is 0.840 bits per heavy atom. The summed E-state index contributed by atoms with van der Waals surface area (Å²) in [6, 6.07) is 9.18. The fourth-order valence-corrected chi connectivity index (χ4v) is 9.57. The van der Waals surface area contributed by atoms with E-state index in [0.29, 0.717) is 22.5 Å². The van der Waals surface area contributed by atoms with Gasteiger partial charge in [0.05, 0.1) is 0 Å². The lowest BCUT2D eigenvalue weighted by atomic mass is 9.85. The van der Waals surface area contributed by atoms with Crippen molar-refractivity contribution in [1.82, 2.24) is 0 Å². The molecule has 0 bridgehead atoms. The van der Waals surface area contributed by atoms with Crippen LogP contribution < -0.4 is 0 Å². The third-order valence-corrected chi connectivity index (χ3v) is 12.2. The van der Waals surface area contributed by atoms with Crippen molar-refractivity contribution in [2.45, 2.75) is 104 Å². The van der Waals surface area contributed by atoms with Gasteiger partial charge >= 0.3 is 0 Å². The molecular weight excluding hydrogens is 316 g/mol. The summed E-state index contributed by atoms with van der Waals surface area (Å²) in [7, 11) is -1.64. The second kappa shape index (κ2) is 8.59. The molecule has 0 fully saturated rings. The third kappa shape index (κ3) is 5.01. The van der Waals surface area contributed by atoms with Crippen LogP contribution in [0.25, 0.3) is 0 Å². The molecule has 0 N–H and O–H groups in total. The summed E-state index contributed by atoms with van der Waals surface area (Å²) >= 11 is 0. The first-order valence-electron chi connectivity index (χ1n) is 10.1. The van der Waals surface area contributed by atoms with Gasteiger partial charge in [-0.1, -0.05) is 93.5 Å². The average molecular weight is 357 g/mol. The van der Waals surface area contributed by atoms with E-state index in [2.05, 4.69) is 105 Å². The molecule has 0 saturated heterocycles. The van der Waals surface area contributed by atoms with Crippen LogP contribution in [0.4, 0.5) is 0 Å². The lowest BCUT2D eigenvalue weighted by Crippen LogP contribution is -2.43. The van der Waals surface area contributed by atoms with Crippen molar-refractivity contribution in [3.63, 3.8) is 0 Å². The molecule has 140 valence electrons. The summed E-state index contributed by atoms with van der Waals surface area (Å²) in [5.74, 6) is 4.10. The van der Waals surface area contributed by atoms with Crippen LogP contribution in [0, 0.1) is 11.5 Å². The van der Waals surface area contributed by atoms with Crippen molar-refractivity contribution in [2.24, 2.45) is 0 Å². The highest BCUT2D eigenvalue weighted by Gasteiger charge is 2.41. The molecule has 1 aromatic rings. The van der Waals surface area contributed by atoms with E-state index < -0.39 is 8.07 Å². The van der Waals surface area contributed by atoms with Gasteiger partial charge in [-0.15, -0.1) is 11.5 Å². The van der Waals surface area contributed by atoms with Gasteiger partial charge in [-0.3, -0.25) is 0 Å². The quantitative estimate of drug-likeness (QED) is 0.374. The van der Waals surface area contributed by atoms with Gasteiger partial charge < -0.3 is 0 Å². The molecule has 0 aliphatic rings.